The van der Waals surface area contributed by atoms with Gasteiger partial charge in [0.1, 0.15) is 0 Å². The van der Waals surface area contributed by atoms with E-state index in [2.05, 4.69) is 17.1 Å². The lowest BCUT2D eigenvalue weighted by Gasteiger charge is -2.38. The Bertz CT molecular complexity index is 803. The summed E-state index contributed by atoms with van der Waals surface area (Å²) < 4.78 is 0. The SMILES string of the molecule is CCCN(CC(=O)Nc1ccc(Cl)cc1)C1CCN(C(=O)c2ccccc2)CC1. The Kier molecular flexibility index (Phi) is 7.67. The molecule has 0 atom stereocenters. The van der Waals surface area contributed by atoms with Crippen LogP contribution < -0.4 is 5.32 Å². The van der Waals surface area contributed by atoms with Gasteiger partial charge >= 0.3 is 0 Å². The van der Waals surface area contributed by atoms with E-state index >= 15 is 0 Å². The van der Waals surface area contributed by atoms with E-state index in [1.165, 1.54) is 0 Å². The van der Waals surface area contributed by atoms with Gasteiger partial charge in [-0.3, -0.25) is 14.5 Å². The van der Waals surface area contributed by atoms with Crippen molar-refractivity contribution in [1.82, 2.24) is 9.80 Å². The molecule has 1 N–H and O–H groups in total. The standard InChI is InChI=1S/C23H28ClN3O2/c1-2-14-27(17-22(28)25-20-10-8-19(24)9-11-20)21-12-15-26(16-13-21)23(29)18-6-4-3-5-7-18/h3-11,21H,2,12-17H2,1H3,(H,25,28). The summed E-state index contributed by atoms with van der Waals surface area (Å²) in [4.78, 5) is 29.3. The monoisotopic (exact) mass is 413 g/mol. The summed E-state index contributed by atoms with van der Waals surface area (Å²) in [6.45, 7) is 4.78. The first-order valence-corrected chi connectivity index (χ1v) is 10.6. The van der Waals surface area contributed by atoms with Crippen LogP contribution in [-0.2, 0) is 4.79 Å². The molecule has 2 amide bonds. The summed E-state index contributed by atoms with van der Waals surface area (Å²) in [5, 5.41) is 3.59. The summed E-state index contributed by atoms with van der Waals surface area (Å²) in [5.74, 6) is 0.0649. The van der Waals surface area contributed by atoms with E-state index < -0.39 is 0 Å². The zero-order valence-corrected chi connectivity index (χ0v) is 17.6. The molecule has 29 heavy (non-hydrogen) atoms. The van der Waals surface area contributed by atoms with Gasteiger partial charge in [-0.25, -0.2) is 0 Å². The van der Waals surface area contributed by atoms with Crippen LogP contribution in [0.4, 0.5) is 5.69 Å². The first-order valence-electron chi connectivity index (χ1n) is 10.2. The summed E-state index contributed by atoms with van der Waals surface area (Å²) in [6.07, 6.45) is 2.75. The number of anilines is 1. The highest BCUT2D eigenvalue weighted by atomic mass is 35.5. The zero-order chi connectivity index (χ0) is 20.6. The van der Waals surface area contributed by atoms with Gasteiger partial charge in [-0.2, -0.15) is 0 Å². The minimum atomic E-state index is -0.0245. The van der Waals surface area contributed by atoms with Crippen LogP contribution in [0.5, 0.6) is 0 Å². The molecule has 0 bridgehead atoms. The average Bonchev–Trinajstić information content (AvgIpc) is 2.75. The molecule has 154 valence electrons. The van der Waals surface area contributed by atoms with Crippen LogP contribution in [0, 0.1) is 0 Å². The molecule has 5 nitrogen and oxygen atoms in total. The Hall–Kier alpha value is -2.37. The number of carbonyl (C=O) groups is 2. The van der Waals surface area contributed by atoms with Crippen molar-refractivity contribution in [3.63, 3.8) is 0 Å². The van der Waals surface area contributed by atoms with Crippen molar-refractivity contribution in [2.75, 3.05) is 31.5 Å². The quantitative estimate of drug-likeness (QED) is 0.736. The predicted octanol–water partition coefficient (Wildman–Crippen LogP) is 4.30. The highest BCUT2D eigenvalue weighted by Gasteiger charge is 2.28. The topological polar surface area (TPSA) is 52.7 Å². The van der Waals surface area contributed by atoms with E-state index in [0.29, 0.717) is 17.6 Å². The van der Waals surface area contributed by atoms with Crippen molar-refractivity contribution >= 4 is 29.1 Å². The number of likely N-dealkylation sites (tertiary alicyclic amines) is 1. The van der Waals surface area contributed by atoms with Gasteiger partial charge in [0.2, 0.25) is 5.91 Å². The number of hydrogen-bond donors (Lipinski definition) is 1. The third kappa shape index (κ3) is 6.05. The fourth-order valence-corrected chi connectivity index (χ4v) is 3.92. The Balaban J connectivity index is 1.54. The number of benzene rings is 2. The van der Waals surface area contributed by atoms with E-state index in [-0.39, 0.29) is 11.8 Å². The van der Waals surface area contributed by atoms with Crippen molar-refractivity contribution in [1.29, 1.82) is 0 Å². The van der Waals surface area contributed by atoms with Gasteiger partial charge in [0.25, 0.3) is 5.91 Å². The number of carbonyl (C=O) groups excluding carboxylic acids is 2. The Morgan fingerprint density at radius 2 is 1.72 bits per heavy atom. The lowest BCUT2D eigenvalue weighted by molar-refractivity contribution is -0.118. The van der Waals surface area contributed by atoms with Crippen LogP contribution in [0.2, 0.25) is 5.02 Å². The lowest BCUT2D eigenvalue weighted by Crippen LogP contribution is -2.49. The van der Waals surface area contributed by atoms with Crippen LogP contribution in [0.15, 0.2) is 54.6 Å². The van der Waals surface area contributed by atoms with E-state index in [0.717, 1.165) is 50.1 Å². The van der Waals surface area contributed by atoms with Gasteiger partial charge in [0.05, 0.1) is 6.54 Å². The lowest BCUT2D eigenvalue weighted by atomic mass is 10.0. The van der Waals surface area contributed by atoms with E-state index in [1.807, 2.05) is 35.2 Å². The second kappa shape index (κ2) is 10.4. The second-order valence-electron chi connectivity index (χ2n) is 7.41. The van der Waals surface area contributed by atoms with Gasteiger partial charge < -0.3 is 10.2 Å². The summed E-state index contributed by atoms with van der Waals surface area (Å²) in [6, 6.07) is 16.9. The normalized spacial score (nSPS) is 14.8. The molecule has 1 heterocycles. The number of piperidine rings is 1. The number of amides is 2. The fraction of sp³-hybridized carbons (Fsp3) is 0.391. The molecule has 1 saturated heterocycles. The maximum Gasteiger partial charge on any atom is 0.253 e. The van der Waals surface area contributed by atoms with Crippen LogP contribution in [-0.4, -0.2) is 53.8 Å². The van der Waals surface area contributed by atoms with Gasteiger partial charge in [-0.1, -0.05) is 36.7 Å². The van der Waals surface area contributed by atoms with Crippen LogP contribution in [0.25, 0.3) is 0 Å². The first kappa shape index (κ1) is 21.3. The third-order valence-corrected chi connectivity index (χ3v) is 5.53. The first-order chi connectivity index (χ1) is 14.1. The number of halogens is 1. The molecule has 2 aromatic carbocycles. The van der Waals surface area contributed by atoms with Crippen LogP contribution >= 0.6 is 11.6 Å². The summed E-state index contributed by atoms with van der Waals surface area (Å²) in [5.41, 5.74) is 1.48. The third-order valence-electron chi connectivity index (χ3n) is 5.27. The molecule has 0 spiro atoms. The molecule has 0 saturated carbocycles. The number of rotatable bonds is 7. The van der Waals surface area contributed by atoms with Crippen molar-refractivity contribution < 1.29 is 9.59 Å². The molecule has 1 aliphatic rings. The van der Waals surface area contributed by atoms with Gasteiger partial charge in [0, 0.05) is 35.4 Å². The largest absolute Gasteiger partial charge is 0.339 e. The average molecular weight is 414 g/mol. The van der Waals surface area contributed by atoms with E-state index in [1.54, 1.807) is 24.3 Å². The maximum atomic E-state index is 12.6. The molecule has 0 unspecified atom stereocenters. The summed E-state index contributed by atoms with van der Waals surface area (Å²) >= 11 is 5.90. The molecule has 3 rings (SSSR count). The molecule has 1 aliphatic heterocycles. The van der Waals surface area contributed by atoms with Crippen LogP contribution in [0.1, 0.15) is 36.5 Å². The minimum Gasteiger partial charge on any atom is -0.339 e. The fourth-order valence-electron chi connectivity index (χ4n) is 3.79. The Morgan fingerprint density at radius 3 is 2.34 bits per heavy atom. The van der Waals surface area contributed by atoms with Gasteiger partial charge in [0.15, 0.2) is 0 Å². The highest BCUT2D eigenvalue weighted by Crippen LogP contribution is 2.19. The minimum absolute atomic E-state index is 0.0245. The van der Waals surface area contributed by atoms with Crippen molar-refractivity contribution in [2.24, 2.45) is 0 Å². The second-order valence-corrected chi connectivity index (χ2v) is 7.85. The van der Waals surface area contributed by atoms with E-state index in [4.69, 9.17) is 11.6 Å². The highest BCUT2D eigenvalue weighted by molar-refractivity contribution is 6.30. The Labute approximate surface area is 177 Å². The van der Waals surface area contributed by atoms with E-state index in [9.17, 15) is 9.59 Å². The van der Waals surface area contributed by atoms with Crippen molar-refractivity contribution in [3.05, 3.63) is 65.2 Å². The van der Waals surface area contributed by atoms with Gasteiger partial charge in [-0.15, -0.1) is 0 Å². The maximum absolute atomic E-state index is 12.6. The molecule has 0 aromatic heterocycles. The Morgan fingerprint density at radius 1 is 1.07 bits per heavy atom. The molecule has 0 radical (unpaired) electrons. The van der Waals surface area contributed by atoms with Crippen LogP contribution in [0.3, 0.4) is 0 Å². The number of hydrogen-bond acceptors (Lipinski definition) is 3. The molecular weight excluding hydrogens is 386 g/mol. The number of nitrogens with one attached hydrogen (secondary N) is 1. The molecular formula is C23H28ClN3O2. The molecule has 0 aliphatic carbocycles. The molecule has 2 aromatic rings. The zero-order valence-electron chi connectivity index (χ0n) is 16.8. The smallest absolute Gasteiger partial charge is 0.253 e. The van der Waals surface area contributed by atoms with Gasteiger partial charge in [-0.05, 0) is 62.2 Å². The predicted molar refractivity (Wildman–Crippen MR) is 117 cm³/mol. The number of nitrogens with zero attached hydrogens (tertiary/aromatic N) is 2. The molecule has 6 heteroatoms. The molecule has 1 fully saturated rings. The summed E-state index contributed by atoms with van der Waals surface area (Å²) in [7, 11) is 0. The van der Waals surface area contributed by atoms with Crippen molar-refractivity contribution in [2.45, 2.75) is 32.2 Å². The van der Waals surface area contributed by atoms with Crippen molar-refractivity contribution in [3.8, 4) is 0 Å².